The number of aromatic amines is 1. The van der Waals surface area contributed by atoms with E-state index in [0.29, 0.717) is 15.7 Å². The minimum Gasteiger partial charge on any atom is -0.367 e. The van der Waals surface area contributed by atoms with Crippen molar-refractivity contribution in [2.45, 2.75) is 45.3 Å². The lowest BCUT2D eigenvalue weighted by Crippen LogP contribution is -2.46. The molecule has 3 aromatic rings. The van der Waals surface area contributed by atoms with Gasteiger partial charge in [-0.3, -0.25) is 10.1 Å². The number of aliphatic hydroxyl groups is 1. The maximum absolute atomic E-state index is 11.7. The number of hydrogen-bond donors (Lipinski definition) is 2. The van der Waals surface area contributed by atoms with E-state index < -0.39 is 6.23 Å². The number of hydrogen-bond acceptors (Lipinski definition) is 4. The van der Waals surface area contributed by atoms with Gasteiger partial charge in [0.2, 0.25) is 0 Å². The highest BCUT2D eigenvalue weighted by Gasteiger charge is 2.30. The lowest BCUT2D eigenvalue weighted by atomic mass is 10.0. The van der Waals surface area contributed by atoms with E-state index in [0.717, 1.165) is 54.9 Å². The number of hydrazine groups is 1. The lowest BCUT2D eigenvalue weighted by molar-refractivity contribution is 0.0859. The van der Waals surface area contributed by atoms with Crippen molar-refractivity contribution in [3.63, 3.8) is 0 Å². The molecule has 1 saturated heterocycles. The molecule has 2 N–H and O–H groups in total. The normalized spacial score (nSPS) is 16.1. The molecule has 0 bridgehead atoms. The minimum atomic E-state index is -0.929. The van der Waals surface area contributed by atoms with Crippen LogP contribution in [0, 0.1) is 0 Å². The summed E-state index contributed by atoms with van der Waals surface area (Å²) in [7, 11) is 0. The summed E-state index contributed by atoms with van der Waals surface area (Å²) in [5, 5.41) is 24.8. The molecule has 7 heteroatoms. The summed E-state index contributed by atoms with van der Waals surface area (Å²) in [6.45, 7) is 3.83. The van der Waals surface area contributed by atoms with Crippen LogP contribution < -0.4 is 5.01 Å². The molecule has 164 valence electrons. The second-order valence-electron chi connectivity index (χ2n) is 7.86. The Bertz CT molecular complexity index is 997. The summed E-state index contributed by atoms with van der Waals surface area (Å²) in [6, 6.07) is 15.3. The van der Waals surface area contributed by atoms with Gasteiger partial charge in [0.25, 0.3) is 0 Å². The first kappa shape index (κ1) is 22.2. The molecule has 5 nitrogen and oxygen atoms in total. The van der Waals surface area contributed by atoms with Crippen molar-refractivity contribution in [3.8, 4) is 11.3 Å². The third kappa shape index (κ3) is 4.75. The van der Waals surface area contributed by atoms with Gasteiger partial charge in [-0.2, -0.15) is 5.10 Å². The van der Waals surface area contributed by atoms with E-state index in [1.54, 1.807) is 0 Å². The highest BCUT2D eigenvalue weighted by molar-refractivity contribution is 6.33. The van der Waals surface area contributed by atoms with Gasteiger partial charge in [-0.25, -0.2) is 5.01 Å². The van der Waals surface area contributed by atoms with Gasteiger partial charge in [0.05, 0.1) is 22.1 Å². The fourth-order valence-corrected chi connectivity index (χ4v) is 4.61. The largest absolute Gasteiger partial charge is 0.367 e. The molecule has 0 radical (unpaired) electrons. The zero-order chi connectivity index (χ0) is 21.8. The predicted molar refractivity (Wildman–Crippen MR) is 127 cm³/mol. The van der Waals surface area contributed by atoms with Crippen LogP contribution in [-0.2, 0) is 6.42 Å². The van der Waals surface area contributed by atoms with Crippen molar-refractivity contribution in [1.29, 1.82) is 0 Å². The Labute approximate surface area is 193 Å². The quantitative estimate of drug-likeness (QED) is 0.429. The molecule has 1 aliphatic rings. The average Bonchev–Trinajstić information content (AvgIpc) is 3.03. The molecule has 31 heavy (non-hydrogen) atoms. The fraction of sp³-hybridized carbons (Fsp3) is 0.375. The molecule has 0 aliphatic carbocycles. The number of aliphatic hydroxyl groups excluding tert-OH is 1. The molecule has 0 saturated carbocycles. The van der Waals surface area contributed by atoms with Crippen molar-refractivity contribution in [3.05, 3.63) is 69.8 Å². The van der Waals surface area contributed by atoms with Crippen molar-refractivity contribution < 1.29 is 5.11 Å². The Morgan fingerprint density at radius 2 is 1.71 bits per heavy atom. The van der Waals surface area contributed by atoms with E-state index in [2.05, 4.69) is 22.1 Å². The standard InChI is InChI=1S/C24H28Cl2N4O/c1-2-19-22(17-11-13-18(25)14-12-17)27-28-23(19)24(31)30(21-10-6-5-9-20(21)26)29-15-7-3-4-8-16-29/h5-6,9-14,24,31H,2-4,7-8,15-16H2,1H3,(H,27,28). The van der Waals surface area contributed by atoms with Crippen LogP contribution in [0.5, 0.6) is 0 Å². The summed E-state index contributed by atoms with van der Waals surface area (Å²) >= 11 is 12.6. The van der Waals surface area contributed by atoms with Gasteiger partial charge in [0, 0.05) is 29.2 Å². The van der Waals surface area contributed by atoms with Gasteiger partial charge in [0.15, 0.2) is 6.23 Å². The van der Waals surface area contributed by atoms with E-state index in [1.165, 1.54) is 12.8 Å². The fourth-order valence-electron chi connectivity index (χ4n) is 4.26. The Morgan fingerprint density at radius 1 is 1.03 bits per heavy atom. The van der Waals surface area contributed by atoms with Crippen LogP contribution in [-0.4, -0.2) is 33.4 Å². The number of aromatic nitrogens is 2. The number of rotatable bonds is 6. The Hall–Kier alpha value is -2.05. The van der Waals surface area contributed by atoms with E-state index in [4.69, 9.17) is 23.2 Å². The molecule has 1 fully saturated rings. The monoisotopic (exact) mass is 458 g/mol. The van der Waals surface area contributed by atoms with Crippen LogP contribution in [0.2, 0.25) is 10.0 Å². The van der Waals surface area contributed by atoms with Gasteiger partial charge < -0.3 is 5.11 Å². The van der Waals surface area contributed by atoms with Crippen LogP contribution in [0.3, 0.4) is 0 Å². The molecule has 0 spiro atoms. The predicted octanol–water partition coefficient (Wildman–Crippen LogP) is 6.23. The van der Waals surface area contributed by atoms with E-state index >= 15 is 0 Å². The van der Waals surface area contributed by atoms with Crippen molar-refractivity contribution in [1.82, 2.24) is 15.2 Å². The topological polar surface area (TPSA) is 55.4 Å². The zero-order valence-electron chi connectivity index (χ0n) is 17.7. The number of benzene rings is 2. The van der Waals surface area contributed by atoms with Crippen LogP contribution >= 0.6 is 23.2 Å². The van der Waals surface area contributed by atoms with Gasteiger partial charge >= 0.3 is 0 Å². The first-order chi connectivity index (χ1) is 15.1. The summed E-state index contributed by atoms with van der Waals surface area (Å²) in [6.07, 6.45) is 4.39. The van der Waals surface area contributed by atoms with Crippen molar-refractivity contribution in [2.24, 2.45) is 0 Å². The maximum Gasteiger partial charge on any atom is 0.184 e. The lowest BCUT2D eigenvalue weighted by Gasteiger charge is -2.39. The van der Waals surface area contributed by atoms with E-state index in [-0.39, 0.29) is 0 Å². The maximum atomic E-state index is 11.7. The van der Waals surface area contributed by atoms with Crippen LogP contribution in [0.1, 0.15) is 50.1 Å². The van der Waals surface area contributed by atoms with Gasteiger partial charge in [-0.1, -0.05) is 67.2 Å². The molecule has 1 aromatic heterocycles. The van der Waals surface area contributed by atoms with Gasteiger partial charge in [-0.05, 0) is 43.5 Å². The molecule has 0 amide bonds. The molecular formula is C24H28Cl2N4O. The second-order valence-corrected chi connectivity index (χ2v) is 8.71. The summed E-state index contributed by atoms with van der Waals surface area (Å²) < 4.78 is 0. The number of nitrogens with zero attached hydrogens (tertiary/aromatic N) is 3. The molecule has 1 aliphatic heterocycles. The van der Waals surface area contributed by atoms with Crippen LogP contribution in [0.4, 0.5) is 5.69 Å². The van der Waals surface area contributed by atoms with Crippen molar-refractivity contribution in [2.75, 3.05) is 18.1 Å². The first-order valence-corrected chi connectivity index (χ1v) is 11.7. The first-order valence-electron chi connectivity index (χ1n) is 10.9. The SMILES string of the molecule is CCc1c(-c2ccc(Cl)cc2)n[nH]c1C(O)N(c1ccccc1Cl)N1CCCCCC1. The Morgan fingerprint density at radius 3 is 2.35 bits per heavy atom. The van der Waals surface area contributed by atoms with Gasteiger partial charge in [0.1, 0.15) is 0 Å². The van der Waals surface area contributed by atoms with Crippen molar-refractivity contribution >= 4 is 28.9 Å². The molecule has 4 rings (SSSR count). The third-order valence-electron chi connectivity index (χ3n) is 5.85. The Balaban J connectivity index is 1.75. The molecule has 2 heterocycles. The molecule has 1 atom stereocenters. The Kier molecular flexibility index (Phi) is 7.18. The number of H-pyrrole nitrogens is 1. The molecule has 1 unspecified atom stereocenters. The third-order valence-corrected chi connectivity index (χ3v) is 6.42. The van der Waals surface area contributed by atoms with Crippen LogP contribution in [0.25, 0.3) is 11.3 Å². The number of halogens is 2. The van der Waals surface area contributed by atoms with Gasteiger partial charge in [-0.15, -0.1) is 0 Å². The zero-order valence-corrected chi connectivity index (χ0v) is 19.2. The van der Waals surface area contributed by atoms with Crippen LogP contribution in [0.15, 0.2) is 48.5 Å². The highest BCUT2D eigenvalue weighted by Crippen LogP contribution is 2.36. The highest BCUT2D eigenvalue weighted by atomic mass is 35.5. The molecule has 2 aromatic carbocycles. The summed E-state index contributed by atoms with van der Waals surface area (Å²) in [4.78, 5) is 0. The van der Waals surface area contributed by atoms with E-state index in [9.17, 15) is 5.11 Å². The minimum absolute atomic E-state index is 0.612. The van der Waals surface area contributed by atoms with E-state index in [1.807, 2.05) is 53.5 Å². The summed E-state index contributed by atoms with van der Waals surface area (Å²) in [5.41, 5.74) is 4.28. The smallest absolute Gasteiger partial charge is 0.184 e. The number of anilines is 1. The number of para-hydroxylation sites is 1. The average molecular weight is 459 g/mol. The number of nitrogens with one attached hydrogen (secondary N) is 1. The second kappa shape index (κ2) is 10.0. The molecular weight excluding hydrogens is 431 g/mol. The summed E-state index contributed by atoms with van der Waals surface area (Å²) in [5.74, 6) is 0.